The highest BCUT2D eigenvalue weighted by molar-refractivity contribution is 7.92. The molecule has 10 nitrogen and oxygen atoms in total. The second-order valence-corrected chi connectivity index (χ2v) is 12.3. The van der Waals surface area contributed by atoms with Gasteiger partial charge in [-0.1, -0.05) is 42.5 Å². The van der Waals surface area contributed by atoms with E-state index in [1.54, 1.807) is 68.0 Å². The lowest BCUT2D eigenvalue weighted by molar-refractivity contribution is -0.143. The summed E-state index contributed by atoms with van der Waals surface area (Å²) in [6.07, 6.45) is 3.27. The van der Waals surface area contributed by atoms with Gasteiger partial charge in [0.25, 0.3) is 15.9 Å². The zero-order chi connectivity index (χ0) is 33.9. The van der Waals surface area contributed by atoms with Crippen LogP contribution in [0.2, 0.25) is 0 Å². The number of pyridine rings is 1. The van der Waals surface area contributed by atoms with Crippen molar-refractivity contribution in [3.05, 3.63) is 150 Å². The summed E-state index contributed by atoms with van der Waals surface area (Å²) in [5.74, 6) is -0.464. The zero-order valence-electron chi connectivity index (χ0n) is 26.0. The number of rotatable bonds is 14. The summed E-state index contributed by atoms with van der Waals surface area (Å²) in [4.78, 5) is 33.2. The molecule has 1 heterocycles. The number of carbonyl (C=O) groups is 2. The van der Waals surface area contributed by atoms with Gasteiger partial charge in [-0.05, 0) is 89.5 Å². The number of aromatic nitrogens is 1. The maximum absolute atomic E-state index is 13.9. The fourth-order valence-corrected chi connectivity index (χ4v) is 5.88. The Labute approximate surface area is 278 Å². The minimum Gasteiger partial charge on any atom is -0.497 e. The minimum absolute atomic E-state index is 0.0540. The Morgan fingerprint density at radius 3 is 2.10 bits per heavy atom. The molecule has 1 atom stereocenters. The number of hydrogen-bond acceptors (Lipinski definition) is 7. The molecule has 0 bridgehead atoms. The molecule has 0 radical (unpaired) electrons. The average molecular weight is 669 g/mol. The molecule has 1 unspecified atom stereocenters. The number of nitrogens with one attached hydrogen (secondary N) is 2. The van der Waals surface area contributed by atoms with Crippen molar-refractivity contribution in [2.45, 2.75) is 24.0 Å². The third kappa shape index (κ3) is 8.95. The lowest BCUT2D eigenvalue weighted by atomic mass is 10.0. The fourth-order valence-electron chi connectivity index (χ4n) is 4.82. The first kappa shape index (κ1) is 33.6. The summed E-state index contributed by atoms with van der Waals surface area (Å²) in [6, 6.07) is 29.2. The molecule has 12 heteroatoms. The first-order valence-corrected chi connectivity index (χ1v) is 16.4. The molecule has 0 aliphatic carbocycles. The molecule has 2 N–H and O–H groups in total. The normalized spacial score (nSPS) is 11.6. The van der Waals surface area contributed by atoms with Crippen molar-refractivity contribution in [2.24, 2.45) is 0 Å². The molecular formula is C36H33FN4O6S. The molecule has 246 valence electrons. The van der Waals surface area contributed by atoms with Gasteiger partial charge in [0, 0.05) is 31.2 Å². The Balaban J connectivity index is 1.36. The van der Waals surface area contributed by atoms with Crippen molar-refractivity contribution >= 4 is 27.5 Å². The van der Waals surface area contributed by atoms with Crippen molar-refractivity contribution in [3.63, 3.8) is 0 Å². The molecule has 0 saturated carbocycles. The van der Waals surface area contributed by atoms with E-state index < -0.39 is 34.4 Å². The van der Waals surface area contributed by atoms with Gasteiger partial charge in [-0.15, -0.1) is 0 Å². The van der Waals surface area contributed by atoms with E-state index in [-0.39, 0.29) is 35.3 Å². The highest BCUT2D eigenvalue weighted by Crippen LogP contribution is 2.26. The Kier molecular flexibility index (Phi) is 11.0. The highest BCUT2D eigenvalue weighted by Gasteiger charge is 2.32. The first-order chi connectivity index (χ1) is 23.2. The van der Waals surface area contributed by atoms with Crippen LogP contribution in [0.25, 0.3) is 0 Å². The van der Waals surface area contributed by atoms with Gasteiger partial charge >= 0.3 is 0 Å². The predicted molar refractivity (Wildman–Crippen MR) is 178 cm³/mol. The second-order valence-electron chi connectivity index (χ2n) is 10.6. The van der Waals surface area contributed by atoms with Crippen LogP contribution in [0.5, 0.6) is 11.5 Å². The Morgan fingerprint density at radius 2 is 1.46 bits per heavy atom. The number of carbonyl (C=O) groups excluding carboxylic acids is 2. The van der Waals surface area contributed by atoms with E-state index in [0.29, 0.717) is 11.3 Å². The van der Waals surface area contributed by atoms with Crippen LogP contribution in [0.15, 0.2) is 133 Å². The van der Waals surface area contributed by atoms with Crippen LogP contribution in [0.1, 0.15) is 22.7 Å². The number of hydrogen-bond donors (Lipinski definition) is 2. The van der Waals surface area contributed by atoms with Crippen LogP contribution in [0, 0.1) is 5.82 Å². The topological polar surface area (TPSA) is 127 Å². The van der Waals surface area contributed by atoms with E-state index in [0.717, 1.165) is 23.3 Å². The van der Waals surface area contributed by atoms with Gasteiger partial charge in [-0.25, -0.2) is 12.8 Å². The molecule has 5 aromatic rings. The third-order valence-electron chi connectivity index (χ3n) is 7.32. The van der Waals surface area contributed by atoms with Gasteiger partial charge < -0.3 is 19.7 Å². The molecule has 0 saturated heterocycles. The van der Waals surface area contributed by atoms with Gasteiger partial charge in [-0.2, -0.15) is 0 Å². The molecular weight excluding hydrogens is 635 g/mol. The van der Waals surface area contributed by atoms with Crippen molar-refractivity contribution in [1.29, 1.82) is 0 Å². The van der Waals surface area contributed by atoms with Crippen LogP contribution in [0.3, 0.4) is 0 Å². The van der Waals surface area contributed by atoms with Gasteiger partial charge in [0.15, 0.2) is 6.61 Å². The average Bonchev–Trinajstić information content (AvgIpc) is 3.11. The van der Waals surface area contributed by atoms with Crippen LogP contribution >= 0.6 is 0 Å². The lowest BCUT2D eigenvalue weighted by Gasteiger charge is -2.31. The van der Waals surface area contributed by atoms with E-state index in [9.17, 15) is 22.4 Å². The molecule has 0 fully saturated rings. The molecule has 2 amide bonds. The van der Waals surface area contributed by atoms with E-state index in [1.807, 2.05) is 18.2 Å². The van der Waals surface area contributed by atoms with Crippen LogP contribution in [-0.4, -0.2) is 43.8 Å². The maximum Gasteiger partial charge on any atom is 0.261 e. The lowest BCUT2D eigenvalue weighted by Crippen LogP contribution is -2.45. The molecule has 4 aromatic carbocycles. The van der Waals surface area contributed by atoms with Gasteiger partial charge in [-0.3, -0.25) is 19.3 Å². The quantitative estimate of drug-likeness (QED) is 0.160. The maximum atomic E-state index is 13.9. The number of nitrogens with zero attached hydrogens (tertiary/aromatic N) is 2. The number of halogens is 1. The smallest absolute Gasteiger partial charge is 0.261 e. The summed E-state index contributed by atoms with van der Waals surface area (Å²) >= 11 is 0. The predicted octanol–water partition coefficient (Wildman–Crippen LogP) is 5.50. The largest absolute Gasteiger partial charge is 0.497 e. The van der Waals surface area contributed by atoms with E-state index in [4.69, 9.17) is 9.47 Å². The second kappa shape index (κ2) is 15.7. The standard InChI is InChI=1S/C36H33FN4O6S/c1-46-31-13-7-27(8-14-31)24-41(35(28-5-3-2-4-6-28)36(43)39-23-26-19-21-38-22-20-26)34(42)25-47-32-15-17-33(18-16-32)48(44,45)40-30-11-9-29(37)10-12-30/h2-22,35,40H,23-25H2,1H3,(H,39,43). The Hall–Kier alpha value is -5.75. The highest BCUT2D eigenvalue weighted by atomic mass is 32.2. The SMILES string of the molecule is COc1ccc(CN(C(=O)COc2ccc(S(=O)(=O)Nc3ccc(F)cc3)cc2)C(C(=O)NCc2ccncc2)c2ccccc2)cc1. The molecule has 0 spiro atoms. The summed E-state index contributed by atoms with van der Waals surface area (Å²) in [6.45, 7) is -0.116. The molecule has 48 heavy (non-hydrogen) atoms. The molecule has 0 aliphatic rings. The minimum atomic E-state index is -3.96. The number of anilines is 1. The number of ether oxygens (including phenoxy) is 2. The van der Waals surface area contributed by atoms with E-state index in [2.05, 4.69) is 15.0 Å². The summed E-state index contributed by atoms with van der Waals surface area (Å²) in [5.41, 5.74) is 2.42. The van der Waals surface area contributed by atoms with E-state index >= 15 is 0 Å². The van der Waals surface area contributed by atoms with Crippen LogP contribution < -0.4 is 19.5 Å². The van der Waals surface area contributed by atoms with Crippen LogP contribution in [-0.2, 0) is 32.7 Å². The third-order valence-corrected chi connectivity index (χ3v) is 8.71. The monoisotopic (exact) mass is 668 g/mol. The number of benzene rings is 4. The molecule has 5 rings (SSSR count). The van der Waals surface area contributed by atoms with Crippen molar-refractivity contribution in [3.8, 4) is 11.5 Å². The summed E-state index contributed by atoms with van der Waals surface area (Å²) in [7, 11) is -2.40. The van der Waals surface area contributed by atoms with Crippen molar-refractivity contribution in [2.75, 3.05) is 18.4 Å². The van der Waals surface area contributed by atoms with Crippen molar-refractivity contribution in [1.82, 2.24) is 15.2 Å². The fraction of sp³-hybridized carbons (Fsp3) is 0.139. The number of sulfonamides is 1. The Morgan fingerprint density at radius 1 is 0.812 bits per heavy atom. The van der Waals surface area contributed by atoms with Crippen LogP contribution in [0.4, 0.5) is 10.1 Å². The molecule has 0 aliphatic heterocycles. The summed E-state index contributed by atoms with van der Waals surface area (Å²) < 4.78 is 52.4. The van der Waals surface area contributed by atoms with Gasteiger partial charge in [0.1, 0.15) is 23.4 Å². The van der Waals surface area contributed by atoms with Crippen molar-refractivity contribution < 1.29 is 31.9 Å². The van der Waals surface area contributed by atoms with E-state index in [1.165, 1.54) is 41.3 Å². The van der Waals surface area contributed by atoms with Gasteiger partial charge in [0.05, 0.1) is 12.0 Å². The summed E-state index contributed by atoms with van der Waals surface area (Å²) in [5, 5.41) is 2.95. The number of amides is 2. The Bertz CT molecular complexity index is 1910. The first-order valence-electron chi connectivity index (χ1n) is 14.9. The number of methoxy groups -OCH3 is 1. The molecule has 1 aromatic heterocycles. The zero-order valence-corrected chi connectivity index (χ0v) is 26.8. The van der Waals surface area contributed by atoms with Gasteiger partial charge in [0.2, 0.25) is 5.91 Å².